The number of piperidine rings is 1. The Labute approximate surface area is 335 Å². The van der Waals surface area contributed by atoms with Gasteiger partial charge in [-0.05, 0) is 120 Å². The van der Waals surface area contributed by atoms with Gasteiger partial charge in [0.25, 0.3) is 5.91 Å². The fraction of sp³-hybridized carbons (Fsp3) is 0.214. The molecule has 14 heteroatoms. The predicted octanol–water partition coefficient (Wildman–Crippen LogP) is 11.2. The number of benzene rings is 4. The molecule has 6 aromatic rings. The molecule has 7 rings (SSSR count). The van der Waals surface area contributed by atoms with Gasteiger partial charge in [0.1, 0.15) is 23.4 Å². The lowest BCUT2D eigenvalue weighted by molar-refractivity contribution is -0.107. The molecular weight excluding hydrogens is 779 g/mol. The van der Waals surface area contributed by atoms with E-state index < -0.39 is 11.4 Å². The molecule has 8 nitrogen and oxygen atoms in total. The minimum Gasteiger partial charge on any atom is -0.455 e. The Hall–Kier alpha value is -5.11. The largest absolute Gasteiger partial charge is 0.455 e. The maximum Gasteiger partial charge on any atom is 0.446 e. The van der Waals surface area contributed by atoms with E-state index in [1.54, 1.807) is 24.5 Å². The normalized spacial score (nSPS) is 13.5. The van der Waals surface area contributed by atoms with Gasteiger partial charge in [-0.2, -0.15) is 13.2 Å². The molecular formula is C42H37ClF3N5O3S2. The number of carbonyl (C=O) groups is 2. The molecule has 0 atom stereocenters. The van der Waals surface area contributed by atoms with Crippen LogP contribution in [-0.2, 0) is 11.2 Å². The first-order valence-corrected chi connectivity index (χ1v) is 20.0. The number of aldehydes is 1. The summed E-state index contributed by atoms with van der Waals surface area (Å²) in [4.78, 5) is 34.6. The number of hydrogen-bond acceptors (Lipinski definition) is 8. The summed E-state index contributed by atoms with van der Waals surface area (Å²) < 4.78 is 49.3. The number of carbonyl (C=O) groups excluding carboxylic acids is 2. The molecule has 3 N–H and O–H groups in total. The minimum absolute atomic E-state index is 0.0711. The number of fused-ring (bicyclic) bond motifs is 1. The number of hydrogen-bond donors (Lipinski definition) is 3. The van der Waals surface area contributed by atoms with E-state index in [2.05, 4.69) is 61.3 Å². The highest BCUT2D eigenvalue weighted by atomic mass is 35.5. The number of H-pyrrole nitrogens is 1. The van der Waals surface area contributed by atoms with Gasteiger partial charge in [-0.1, -0.05) is 48.0 Å². The number of alkyl halides is 3. The maximum atomic E-state index is 13.7. The number of ether oxygens (including phenoxy) is 1. The van der Waals surface area contributed by atoms with E-state index in [0.717, 1.165) is 60.9 Å². The molecule has 0 saturated carbocycles. The fourth-order valence-electron chi connectivity index (χ4n) is 6.75. The highest BCUT2D eigenvalue weighted by Crippen LogP contribution is 2.42. The number of rotatable bonds is 14. The first-order chi connectivity index (χ1) is 27.1. The monoisotopic (exact) mass is 815 g/mol. The highest BCUT2D eigenvalue weighted by molar-refractivity contribution is 8.00. The molecule has 4 aromatic carbocycles. The number of thioether (sulfide) groups is 1. The lowest BCUT2D eigenvalue weighted by Gasteiger charge is -2.34. The first kappa shape index (κ1) is 39.1. The van der Waals surface area contributed by atoms with E-state index in [0.29, 0.717) is 39.3 Å². The molecule has 1 aliphatic rings. The summed E-state index contributed by atoms with van der Waals surface area (Å²) in [6, 6.07) is 30.1. The van der Waals surface area contributed by atoms with Crippen LogP contribution < -0.4 is 19.7 Å². The number of aromatic amines is 1. The molecule has 1 fully saturated rings. The average Bonchev–Trinajstić information content (AvgIpc) is 3.66. The van der Waals surface area contributed by atoms with Crippen LogP contribution in [0.3, 0.4) is 0 Å². The topological polar surface area (TPSA) is 99.3 Å². The van der Waals surface area contributed by atoms with Gasteiger partial charge in [0.15, 0.2) is 0 Å². The number of nitrogens with zero attached hydrogens (tertiary/aromatic N) is 2. The van der Waals surface area contributed by atoms with Crippen molar-refractivity contribution < 1.29 is 27.5 Å². The van der Waals surface area contributed by atoms with Crippen LogP contribution in [0.2, 0.25) is 5.02 Å². The molecule has 0 spiro atoms. The third kappa shape index (κ3) is 10.00. The van der Waals surface area contributed by atoms with E-state index in [4.69, 9.17) is 16.3 Å². The lowest BCUT2D eigenvalue weighted by Crippen LogP contribution is -2.34. The number of amides is 1. The second kappa shape index (κ2) is 17.8. The Balaban J connectivity index is 1.07. The molecule has 1 aliphatic heterocycles. The van der Waals surface area contributed by atoms with Crippen LogP contribution in [0.25, 0.3) is 22.2 Å². The van der Waals surface area contributed by atoms with Gasteiger partial charge in [-0.3, -0.25) is 9.52 Å². The molecule has 3 heterocycles. The third-order valence-corrected chi connectivity index (χ3v) is 11.3. The molecule has 2 aromatic heterocycles. The van der Waals surface area contributed by atoms with Crippen LogP contribution in [0, 0.1) is 5.92 Å². The van der Waals surface area contributed by atoms with Crippen molar-refractivity contribution in [1.29, 1.82) is 0 Å². The van der Waals surface area contributed by atoms with Crippen LogP contribution in [0.1, 0.15) is 35.2 Å². The van der Waals surface area contributed by atoms with Gasteiger partial charge in [0, 0.05) is 69.9 Å². The number of halogens is 4. The summed E-state index contributed by atoms with van der Waals surface area (Å²) in [7, 11) is 0. The Bertz CT molecular complexity index is 2310. The van der Waals surface area contributed by atoms with E-state index >= 15 is 0 Å². The van der Waals surface area contributed by atoms with Crippen LogP contribution in [0.15, 0.2) is 119 Å². The second-order valence-electron chi connectivity index (χ2n) is 13.3. The van der Waals surface area contributed by atoms with Gasteiger partial charge in [0.05, 0.1) is 11.8 Å². The van der Waals surface area contributed by atoms with Gasteiger partial charge >= 0.3 is 5.51 Å². The van der Waals surface area contributed by atoms with Gasteiger partial charge < -0.3 is 24.7 Å². The van der Waals surface area contributed by atoms with E-state index in [1.165, 1.54) is 23.3 Å². The summed E-state index contributed by atoms with van der Waals surface area (Å²) in [5, 5.41) is 4.42. The highest BCUT2D eigenvalue weighted by Gasteiger charge is 2.31. The van der Waals surface area contributed by atoms with Gasteiger partial charge in [-0.15, -0.1) is 0 Å². The summed E-state index contributed by atoms with van der Waals surface area (Å²) in [5.41, 5.74) is 1.25. The molecule has 0 aliphatic carbocycles. The summed E-state index contributed by atoms with van der Waals surface area (Å²) >= 11 is 6.79. The molecule has 0 unspecified atom stereocenters. The first-order valence-electron chi connectivity index (χ1n) is 18.0. The number of pyridine rings is 1. The quantitative estimate of drug-likeness (QED) is 0.0433. The van der Waals surface area contributed by atoms with Crippen molar-refractivity contribution in [2.45, 2.75) is 41.0 Å². The van der Waals surface area contributed by atoms with Crippen molar-refractivity contribution in [3.05, 3.63) is 126 Å². The Morgan fingerprint density at radius 3 is 2.59 bits per heavy atom. The van der Waals surface area contributed by atoms with Gasteiger partial charge in [0.2, 0.25) is 0 Å². The zero-order valence-electron chi connectivity index (χ0n) is 29.9. The van der Waals surface area contributed by atoms with E-state index in [9.17, 15) is 22.8 Å². The Morgan fingerprint density at radius 2 is 1.80 bits per heavy atom. The van der Waals surface area contributed by atoms with Crippen molar-refractivity contribution in [2.75, 3.05) is 29.9 Å². The number of aromatic nitrogens is 2. The fourth-order valence-corrected chi connectivity index (χ4v) is 8.26. The Morgan fingerprint density at radius 1 is 1.00 bits per heavy atom. The Kier molecular flexibility index (Phi) is 12.4. The minimum atomic E-state index is -4.53. The molecule has 1 saturated heterocycles. The summed E-state index contributed by atoms with van der Waals surface area (Å²) in [6.45, 7) is 1.84. The van der Waals surface area contributed by atoms with Crippen molar-refractivity contribution >= 4 is 69.9 Å². The van der Waals surface area contributed by atoms with Gasteiger partial charge in [-0.25, -0.2) is 4.98 Å². The smallest absolute Gasteiger partial charge is 0.446 e. The lowest BCUT2D eigenvalue weighted by atomic mass is 9.87. The summed E-state index contributed by atoms with van der Waals surface area (Å²) in [6.07, 6.45) is 7.14. The van der Waals surface area contributed by atoms with Crippen molar-refractivity contribution in [3.63, 3.8) is 0 Å². The molecule has 1 amide bonds. The second-order valence-corrected chi connectivity index (χ2v) is 15.7. The zero-order valence-corrected chi connectivity index (χ0v) is 32.3. The molecule has 288 valence electrons. The van der Waals surface area contributed by atoms with Crippen molar-refractivity contribution in [1.82, 2.24) is 14.7 Å². The van der Waals surface area contributed by atoms with Crippen LogP contribution >= 0.6 is 35.3 Å². The van der Waals surface area contributed by atoms with E-state index in [1.807, 2.05) is 36.4 Å². The summed E-state index contributed by atoms with van der Waals surface area (Å²) in [5.74, 6) is 0.774. The van der Waals surface area contributed by atoms with Crippen LogP contribution in [0.4, 0.5) is 24.5 Å². The molecule has 0 bridgehead atoms. The molecule has 0 radical (unpaired) electrons. The van der Waals surface area contributed by atoms with Crippen LogP contribution in [0.5, 0.6) is 11.5 Å². The van der Waals surface area contributed by atoms with Crippen molar-refractivity contribution in [3.8, 4) is 22.6 Å². The number of anilines is 2. The predicted molar refractivity (Wildman–Crippen MR) is 219 cm³/mol. The van der Waals surface area contributed by atoms with E-state index in [-0.39, 0.29) is 40.9 Å². The zero-order chi connectivity index (χ0) is 39.1. The third-order valence-electron chi connectivity index (χ3n) is 9.49. The SMILES string of the molecule is O=CCCNc1ccc(SNC(=O)c2ccc(N3CCC(Cc4ccccc4-c4ccc(Cl)cc4)CC3)cc2Oc2cnc3[nH]ccc3c2)cc1SC(F)(F)F. The molecule has 56 heavy (non-hydrogen) atoms. The maximum absolute atomic E-state index is 13.7. The van der Waals surface area contributed by atoms with Crippen molar-refractivity contribution in [2.24, 2.45) is 5.92 Å². The standard InChI is InChI=1S/C42H37ClF3N5O3S2/c43-31-8-6-28(7-9-31)35-5-2-1-4-29(35)22-27-15-19-51(20-16-27)32-10-12-36(38(24-32)54-33-23-30-14-18-48-40(30)49-26-33)41(53)50-56-34-11-13-37(47-17-3-21-52)39(25-34)55-42(44,45)46/h1-2,4-14,18,21,23-27,47H,3,15-17,19-20,22H2,(H,48,49)(H,50,53). The van der Waals surface area contributed by atoms with Crippen LogP contribution in [-0.4, -0.2) is 47.3 Å². The average molecular weight is 816 g/mol. The number of nitrogens with one attached hydrogen (secondary N) is 3.